The number of hydrogen-bond donors (Lipinski definition) is 0. The molecule has 654 valence electrons. The number of para-hydroxylation sites is 1. The predicted molar refractivity (Wildman–Crippen MR) is 465 cm³/mol. The quantitative estimate of drug-likeness (QED) is 0.142. The fraction of sp³-hybridized carbons (Fsp3) is 0.404. The van der Waals surface area contributed by atoms with E-state index in [4.69, 9.17) is 0 Å². The molecule has 0 saturated heterocycles. The van der Waals surface area contributed by atoms with Crippen molar-refractivity contribution in [2.45, 2.75) is 211 Å². The van der Waals surface area contributed by atoms with E-state index in [1.54, 1.807) is 23.5 Å². The van der Waals surface area contributed by atoms with Gasteiger partial charge in [0.1, 0.15) is 0 Å². The minimum Gasteiger partial charge on any atom is -0.358 e. The average molecular weight is 4090 g/mol. The normalized spacial score (nSPS) is 8.32. The Kier molecular flexibility index (Phi) is 288. The molecule has 6 aromatic carbocycles. The van der Waals surface area contributed by atoms with Crippen molar-refractivity contribution in [2.75, 3.05) is 0 Å². The van der Waals surface area contributed by atoms with Gasteiger partial charge in [-0.05, 0) is 130 Å². The zero-order valence-corrected chi connectivity index (χ0v) is 119. The molecule has 0 bridgehead atoms. The summed E-state index contributed by atoms with van der Waals surface area (Å²) in [7, 11) is 0. The first-order valence-corrected chi connectivity index (χ1v) is 32.4. The molecule has 0 amide bonds. The molecular weight excluding hydrogens is 3930 g/mol. The molecule has 0 N–H and O–H groups in total. The average Bonchev–Trinajstić information content (AvgIpc) is 0.920. The molecule has 0 spiro atoms. The molecule has 112 heavy (non-hydrogen) atoms. The molecule has 0 radical (unpaired) electrons. The van der Waals surface area contributed by atoms with Crippen molar-refractivity contribution in [3.05, 3.63) is 318 Å². The van der Waals surface area contributed by atoms with E-state index in [1.165, 1.54) is 84.7 Å². The fourth-order valence-electron chi connectivity index (χ4n) is 6.43. The molecule has 11 rings (SSSR count). The van der Waals surface area contributed by atoms with E-state index in [9.17, 15) is 0 Å². The van der Waals surface area contributed by atoms with Crippen molar-refractivity contribution in [3.8, 4) is 0 Å². The Bertz CT molecular complexity index is 2220. The largest absolute Gasteiger partial charge is 0.358 e. The summed E-state index contributed by atoms with van der Waals surface area (Å²) in [5, 5.41) is 6.27. The van der Waals surface area contributed by atoms with Crippen LogP contribution in [0, 0.1) is 123 Å². The van der Waals surface area contributed by atoms with Crippen molar-refractivity contribution < 1.29 is 316 Å². The van der Waals surface area contributed by atoms with Gasteiger partial charge in [0.15, 0.2) is 0 Å². The fourth-order valence-corrected chi connectivity index (χ4v) is 6.43. The Balaban J connectivity index is -0.0000000230. The number of hydrogen-bond acceptors (Lipinski definition) is 3. The molecule has 3 nitrogen and oxygen atoms in total. The number of rotatable bonds is 0. The number of aromatic nitrogens is 3. The number of nitrogens with zero attached hydrogens (tertiary/aromatic N) is 3. The summed E-state index contributed by atoms with van der Waals surface area (Å²) in [6.07, 6.45) is 21.9. The Morgan fingerprint density at radius 1 is 0.196 bits per heavy atom. The Hall–Kier alpha value is 3.87. The van der Waals surface area contributed by atoms with Gasteiger partial charge in [-0.2, -0.15) is 0 Å². The molecule has 2 aliphatic carbocycles. The van der Waals surface area contributed by atoms with Gasteiger partial charge in [-0.3, -0.25) is 15.0 Å². The maximum absolute atomic E-state index is 4.18. The van der Waals surface area contributed by atoms with Crippen LogP contribution < -0.4 is 0 Å². The van der Waals surface area contributed by atoms with Crippen LogP contribution in [0.15, 0.2) is 225 Å². The van der Waals surface area contributed by atoms with E-state index < -0.39 is 0 Å². The first kappa shape index (κ1) is 207. The monoisotopic (exact) mass is 4090 g/mol. The Labute approximate surface area is 919 Å². The van der Waals surface area contributed by atoms with E-state index in [-0.39, 0.29) is 405 Å². The third-order valence-corrected chi connectivity index (χ3v) is 9.46. The number of pyridine rings is 3. The van der Waals surface area contributed by atoms with Gasteiger partial charge in [-0.25, -0.2) is 0 Å². The third-order valence-electron chi connectivity index (χ3n) is 9.46. The minimum absolute atomic E-state index is 0. The van der Waals surface area contributed by atoms with Crippen LogP contribution in [0.2, 0.25) is 0 Å². The second-order valence-corrected chi connectivity index (χ2v) is 25.8. The first-order valence-electron chi connectivity index (χ1n) is 32.4. The predicted octanol–water partition coefficient (Wildman–Crippen LogP) is 31.8. The molecule has 3 heterocycles. The third kappa shape index (κ3) is 168. The van der Waals surface area contributed by atoms with Crippen LogP contribution in [-0.2, 0) is 329 Å². The number of aryl methyl sites for hydroxylation is 2. The molecule has 9 aromatic rings. The topological polar surface area (TPSA) is 38.7 Å². The van der Waals surface area contributed by atoms with Gasteiger partial charge in [0.05, 0.1) is 5.52 Å². The van der Waals surface area contributed by atoms with Crippen molar-refractivity contribution in [3.63, 3.8) is 0 Å². The molecule has 0 unspecified atom stereocenters. The molecule has 1 saturated carbocycles. The van der Waals surface area contributed by atoms with E-state index >= 15 is 0 Å². The molecule has 2 aliphatic rings. The van der Waals surface area contributed by atoms with Crippen LogP contribution >= 0.6 is 0 Å². The second-order valence-electron chi connectivity index (χ2n) is 25.8. The van der Waals surface area contributed by atoms with Crippen molar-refractivity contribution in [2.24, 2.45) is 41.4 Å². The summed E-state index contributed by atoms with van der Waals surface area (Å²) >= 11 is 0. The standard InChI is InChI=1S/C10H12.C10H8.2C9H7N.C6H6.C5H5N.C5H10.7C4H10.CH4.11CH3.15W/c2*1-2-6-10-8-4-3-7-9(10)5-1;1-2-6-9-8(4-1)5-3-7-10-9;1-2-4-9-7-10-6-5-8(9)3-1;2*1-2-4-6-5-3-1;1-2-4-5-3-1;7*1-4(2)3;;;;;;;;;;;;;;;;;;;;;;;;;;;/h1-2,5-6H,3-4,7-8H2;1-8H;2*1-7H;1-6H;1-5H;1-5H2;7*4H,1-3H3;1H4;11*1H3;;;;;;;;;;;;;;;/q;;;;;;;;;;;;;;;11*-1;;;;;;;;;;;;;;;. The van der Waals surface area contributed by atoms with Gasteiger partial charge >= 0.3 is 0 Å². The maximum atomic E-state index is 4.18. The summed E-state index contributed by atoms with van der Waals surface area (Å²) < 4.78 is 0. The zero-order chi connectivity index (χ0) is 64.3. The smallest absolute Gasteiger partial charge is 0.0701 e. The van der Waals surface area contributed by atoms with Crippen LogP contribution in [-0.4, -0.2) is 15.0 Å². The first-order chi connectivity index (χ1) is 40.5. The zero-order valence-electron chi connectivity index (χ0n) is 75.2. The Morgan fingerprint density at radius 2 is 0.402 bits per heavy atom. The summed E-state index contributed by atoms with van der Waals surface area (Å²) in [5.41, 5.74) is 4.22. The van der Waals surface area contributed by atoms with Gasteiger partial charge < -0.3 is 81.7 Å². The summed E-state index contributed by atoms with van der Waals surface area (Å²) in [6.45, 7) is 45.5. The van der Waals surface area contributed by atoms with E-state index in [0.717, 1.165) is 46.9 Å². The van der Waals surface area contributed by atoms with Gasteiger partial charge in [-0.1, -0.05) is 349 Å². The summed E-state index contributed by atoms with van der Waals surface area (Å²) in [5.74, 6) is 5.83. The van der Waals surface area contributed by atoms with E-state index in [2.05, 4.69) is 257 Å². The number of benzene rings is 6. The van der Waals surface area contributed by atoms with E-state index in [0.29, 0.717) is 0 Å². The molecule has 3 aromatic heterocycles. The van der Waals surface area contributed by atoms with Crippen LogP contribution in [0.25, 0.3) is 32.4 Å². The van der Waals surface area contributed by atoms with Crippen LogP contribution in [0.3, 0.4) is 0 Å². The molecule has 0 aliphatic heterocycles. The Morgan fingerprint density at radius 3 is 0.625 bits per heavy atom. The van der Waals surface area contributed by atoms with Crippen molar-refractivity contribution in [1.82, 2.24) is 15.0 Å². The number of fused-ring (bicyclic) bond motifs is 4. The van der Waals surface area contributed by atoms with Crippen molar-refractivity contribution >= 4 is 32.4 Å². The van der Waals surface area contributed by atoms with Crippen LogP contribution in [0.5, 0.6) is 0 Å². The molecular formula is C94H162N3W15-11. The van der Waals surface area contributed by atoms with Gasteiger partial charge in [-0.15, -0.1) is 0 Å². The van der Waals surface area contributed by atoms with Crippen LogP contribution in [0.4, 0.5) is 0 Å². The van der Waals surface area contributed by atoms with E-state index in [1.807, 2.05) is 116 Å². The molecule has 0 atom stereocenters. The summed E-state index contributed by atoms with van der Waals surface area (Å²) in [6, 6.07) is 65.5. The SMILES string of the molecule is C.C1CCCC1.CC(C)C.CC(C)C.CC(C)C.CC(C)C.CC(C)C.CC(C)C.CC(C)C.[CH3-].[CH3-].[CH3-].[CH3-].[CH3-].[CH3-].[CH3-].[CH3-].[CH3-].[CH3-].[CH3-].[W].[W].[W].[W].[W].[W].[W].[W].[W].[W].[W].[W].[W].[W].[W].c1ccc2c(c1)CCCC2.c1ccc2ccccc2c1.c1ccc2cnccc2c1.c1ccc2ncccc2c1.c1ccccc1.c1ccncc1. The van der Waals surface area contributed by atoms with Crippen molar-refractivity contribution in [1.29, 1.82) is 0 Å². The summed E-state index contributed by atoms with van der Waals surface area (Å²) in [4.78, 5) is 12.0. The molecule has 1 fully saturated rings. The van der Waals surface area contributed by atoms with Gasteiger partial charge in [0.2, 0.25) is 0 Å². The second kappa shape index (κ2) is 156. The maximum Gasteiger partial charge on any atom is 0.0701 e. The molecule has 18 heteroatoms. The van der Waals surface area contributed by atoms with Gasteiger partial charge in [0.25, 0.3) is 0 Å². The van der Waals surface area contributed by atoms with Gasteiger partial charge in [0, 0.05) is 352 Å². The van der Waals surface area contributed by atoms with Crippen LogP contribution in [0.1, 0.15) is 209 Å². The minimum atomic E-state index is 0.